The maximum atomic E-state index is 12.5. The van der Waals surface area contributed by atoms with Crippen LogP contribution in [0, 0.1) is 5.92 Å². The maximum Gasteiger partial charge on any atom is 0.239 e. The molecular weight excluding hydrogens is 312 g/mol. The number of hydrogen-bond donors (Lipinski definition) is 1. The molecule has 1 saturated carbocycles. The van der Waals surface area contributed by atoms with Crippen molar-refractivity contribution in [3.05, 3.63) is 48.2 Å². The molecule has 0 bridgehead atoms. The van der Waals surface area contributed by atoms with Crippen molar-refractivity contribution in [1.29, 1.82) is 0 Å². The molecule has 2 fully saturated rings. The lowest BCUT2D eigenvalue weighted by Gasteiger charge is -2.18. The third-order valence-electron chi connectivity index (χ3n) is 5.54. The lowest BCUT2D eigenvalue weighted by atomic mass is 9.99. The van der Waals surface area contributed by atoms with Crippen molar-refractivity contribution in [2.75, 3.05) is 25.0 Å². The summed E-state index contributed by atoms with van der Waals surface area (Å²) in [6.07, 6.45) is 5.43. The molecule has 2 atom stereocenters. The number of hydrogen-bond acceptors (Lipinski definition) is 3. The van der Waals surface area contributed by atoms with Gasteiger partial charge in [-0.1, -0.05) is 30.3 Å². The molecule has 1 amide bonds. The SMILES string of the molecule is C[C@@H](C1CC1)n1nccc1NC(=O)CN1CC[C@@H](c2ccccc2)C1. The van der Waals surface area contributed by atoms with Crippen molar-refractivity contribution < 1.29 is 4.79 Å². The number of likely N-dealkylation sites (tertiary alicyclic amines) is 1. The number of benzene rings is 1. The Bertz CT molecular complexity index is 722. The number of carbonyl (C=O) groups excluding carboxylic acids is 1. The van der Waals surface area contributed by atoms with Crippen LogP contribution in [0.3, 0.4) is 0 Å². The Hall–Kier alpha value is -2.14. The van der Waals surface area contributed by atoms with Crippen molar-refractivity contribution in [3.63, 3.8) is 0 Å². The molecule has 0 unspecified atom stereocenters. The summed E-state index contributed by atoms with van der Waals surface area (Å²) < 4.78 is 1.96. The first kappa shape index (κ1) is 16.3. The van der Waals surface area contributed by atoms with Crippen LogP contribution in [-0.4, -0.2) is 40.2 Å². The van der Waals surface area contributed by atoms with Crippen LogP contribution in [0.2, 0.25) is 0 Å². The van der Waals surface area contributed by atoms with E-state index in [0.717, 1.165) is 25.3 Å². The van der Waals surface area contributed by atoms with Gasteiger partial charge in [-0.15, -0.1) is 0 Å². The largest absolute Gasteiger partial charge is 0.310 e. The smallest absolute Gasteiger partial charge is 0.239 e. The van der Waals surface area contributed by atoms with E-state index in [-0.39, 0.29) is 5.91 Å². The lowest BCUT2D eigenvalue weighted by Crippen LogP contribution is -2.32. The maximum absolute atomic E-state index is 12.5. The summed E-state index contributed by atoms with van der Waals surface area (Å²) in [5, 5.41) is 7.46. The highest BCUT2D eigenvalue weighted by atomic mass is 16.2. The molecular formula is C20H26N4O. The summed E-state index contributed by atoms with van der Waals surface area (Å²) >= 11 is 0. The van der Waals surface area contributed by atoms with Crippen LogP contribution in [-0.2, 0) is 4.79 Å². The Morgan fingerprint density at radius 3 is 2.80 bits per heavy atom. The fourth-order valence-corrected chi connectivity index (χ4v) is 3.88. The topological polar surface area (TPSA) is 50.2 Å². The molecule has 5 heteroatoms. The molecule has 1 aromatic heterocycles. The van der Waals surface area contributed by atoms with Gasteiger partial charge in [0.05, 0.1) is 18.8 Å². The van der Waals surface area contributed by atoms with Crippen molar-refractivity contribution in [3.8, 4) is 0 Å². The van der Waals surface area contributed by atoms with Crippen molar-refractivity contribution in [2.24, 2.45) is 5.92 Å². The molecule has 1 aliphatic carbocycles. The molecule has 25 heavy (non-hydrogen) atoms. The van der Waals surface area contributed by atoms with Crippen molar-refractivity contribution in [1.82, 2.24) is 14.7 Å². The zero-order valence-corrected chi connectivity index (χ0v) is 14.8. The molecule has 4 rings (SSSR count). The van der Waals surface area contributed by atoms with E-state index >= 15 is 0 Å². The van der Waals surface area contributed by atoms with E-state index in [9.17, 15) is 4.79 Å². The summed E-state index contributed by atoms with van der Waals surface area (Å²) in [6.45, 7) is 4.57. The van der Waals surface area contributed by atoms with Crippen molar-refractivity contribution in [2.45, 2.75) is 38.1 Å². The van der Waals surface area contributed by atoms with E-state index in [1.165, 1.54) is 18.4 Å². The zero-order valence-electron chi connectivity index (χ0n) is 14.8. The van der Waals surface area contributed by atoms with Gasteiger partial charge < -0.3 is 5.32 Å². The van der Waals surface area contributed by atoms with Crippen LogP contribution in [0.25, 0.3) is 0 Å². The van der Waals surface area contributed by atoms with Crippen LogP contribution in [0.4, 0.5) is 5.82 Å². The average Bonchev–Trinajstić information content (AvgIpc) is 3.21. The predicted octanol–water partition coefficient (Wildman–Crippen LogP) is 3.28. The normalized spacial score (nSPS) is 22.0. The second kappa shape index (κ2) is 7.00. The van der Waals surface area contributed by atoms with Gasteiger partial charge in [-0.2, -0.15) is 5.10 Å². The van der Waals surface area contributed by atoms with Gasteiger partial charge in [0.15, 0.2) is 0 Å². The van der Waals surface area contributed by atoms with Crippen molar-refractivity contribution >= 4 is 11.7 Å². The second-order valence-corrected chi connectivity index (χ2v) is 7.42. The van der Waals surface area contributed by atoms with Gasteiger partial charge in [0.25, 0.3) is 0 Å². The zero-order chi connectivity index (χ0) is 17.2. The van der Waals surface area contributed by atoms with Gasteiger partial charge in [0.2, 0.25) is 5.91 Å². The number of anilines is 1. The Morgan fingerprint density at radius 2 is 2.04 bits per heavy atom. The summed E-state index contributed by atoms with van der Waals surface area (Å²) in [5.41, 5.74) is 1.38. The number of aromatic nitrogens is 2. The summed E-state index contributed by atoms with van der Waals surface area (Å²) in [4.78, 5) is 14.7. The van der Waals surface area contributed by atoms with E-state index in [4.69, 9.17) is 0 Å². The van der Waals surface area contributed by atoms with Gasteiger partial charge in [-0.05, 0) is 50.1 Å². The highest BCUT2D eigenvalue weighted by Crippen LogP contribution is 2.40. The second-order valence-electron chi connectivity index (χ2n) is 7.42. The predicted molar refractivity (Wildman–Crippen MR) is 98.5 cm³/mol. The van der Waals surface area contributed by atoms with Crippen LogP contribution in [0.5, 0.6) is 0 Å². The monoisotopic (exact) mass is 338 g/mol. The minimum atomic E-state index is 0.0541. The summed E-state index contributed by atoms with van der Waals surface area (Å²) in [6, 6.07) is 12.9. The van der Waals surface area contributed by atoms with Crippen LogP contribution in [0.15, 0.2) is 42.6 Å². The average molecular weight is 338 g/mol. The lowest BCUT2D eigenvalue weighted by molar-refractivity contribution is -0.117. The Kier molecular flexibility index (Phi) is 4.57. The third kappa shape index (κ3) is 3.76. The molecule has 2 aromatic rings. The van der Waals surface area contributed by atoms with E-state index in [1.807, 2.05) is 10.7 Å². The molecule has 5 nitrogen and oxygen atoms in total. The number of nitrogens with one attached hydrogen (secondary N) is 1. The number of nitrogens with zero attached hydrogens (tertiary/aromatic N) is 3. The molecule has 2 heterocycles. The van der Waals surface area contributed by atoms with Gasteiger partial charge in [0, 0.05) is 12.6 Å². The molecule has 0 spiro atoms. The third-order valence-corrected chi connectivity index (χ3v) is 5.54. The quantitative estimate of drug-likeness (QED) is 0.879. The van der Waals surface area contributed by atoms with Crippen LogP contribution in [0.1, 0.15) is 43.7 Å². The Labute approximate surface area is 149 Å². The molecule has 2 aliphatic rings. The van der Waals surface area contributed by atoms with Crippen LogP contribution >= 0.6 is 0 Å². The molecule has 1 saturated heterocycles. The van der Waals surface area contributed by atoms with E-state index < -0.39 is 0 Å². The van der Waals surface area contributed by atoms with Crippen LogP contribution < -0.4 is 5.32 Å². The highest BCUT2D eigenvalue weighted by molar-refractivity contribution is 5.91. The summed E-state index contributed by atoms with van der Waals surface area (Å²) in [5.74, 6) is 2.12. The number of amides is 1. The molecule has 1 aliphatic heterocycles. The first-order valence-electron chi connectivity index (χ1n) is 9.31. The van der Waals surface area contributed by atoms with E-state index in [1.54, 1.807) is 6.20 Å². The highest BCUT2D eigenvalue weighted by Gasteiger charge is 2.31. The van der Waals surface area contributed by atoms with E-state index in [0.29, 0.717) is 24.4 Å². The molecule has 1 N–H and O–H groups in total. The Morgan fingerprint density at radius 1 is 1.24 bits per heavy atom. The fourth-order valence-electron chi connectivity index (χ4n) is 3.88. The number of rotatable bonds is 6. The minimum absolute atomic E-state index is 0.0541. The number of carbonyl (C=O) groups is 1. The first-order valence-corrected chi connectivity index (χ1v) is 9.31. The fraction of sp³-hybridized carbons (Fsp3) is 0.500. The summed E-state index contributed by atoms with van der Waals surface area (Å²) in [7, 11) is 0. The van der Waals surface area contributed by atoms with Gasteiger partial charge in [0.1, 0.15) is 5.82 Å². The van der Waals surface area contributed by atoms with Gasteiger partial charge >= 0.3 is 0 Å². The minimum Gasteiger partial charge on any atom is -0.310 e. The van der Waals surface area contributed by atoms with Gasteiger partial charge in [-0.3, -0.25) is 9.69 Å². The van der Waals surface area contributed by atoms with Gasteiger partial charge in [-0.25, -0.2) is 4.68 Å². The molecule has 0 radical (unpaired) electrons. The molecule has 132 valence electrons. The van der Waals surface area contributed by atoms with E-state index in [2.05, 4.69) is 52.6 Å². The Balaban J connectivity index is 1.32. The standard InChI is InChI=1S/C20H26N4O/c1-15(16-7-8-16)24-19(9-11-21-24)22-20(25)14-23-12-10-18(13-23)17-5-3-2-4-6-17/h2-6,9,11,15-16,18H,7-8,10,12-14H2,1H3,(H,22,25)/t15-,18+/m0/s1. The molecule has 1 aromatic carbocycles. The first-order chi connectivity index (χ1) is 12.2.